The van der Waals surface area contributed by atoms with E-state index in [4.69, 9.17) is 21.1 Å². The first-order valence-electron chi connectivity index (χ1n) is 8.15. The maximum absolute atomic E-state index is 11.9. The number of amides is 3. The van der Waals surface area contributed by atoms with Gasteiger partial charge in [0, 0.05) is 13.1 Å². The average molecular weight is 372 g/mol. The SMILES string of the molecule is CCOc1ccc([C@@H](C)NC(=O)NCCNC(=O)[C@@H](C)Cl)cc1OC. The first-order valence-corrected chi connectivity index (χ1v) is 8.59. The van der Waals surface area contributed by atoms with E-state index in [0.29, 0.717) is 31.2 Å². The molecule has 0 radical (unpaired) electrons. The molecular formula is C17H26ClN3O4. The molecule has 0 saturated heterocycles. The number of carbonyl (C=O) groups excluding carboxylic acids is 2. The van der Waals surface area contributed by atoms with Crippen molar-refractivity contribution >= 4 is 23.5 Å². The summed E-state index contributed by atoms with van der Waals surface area (Å²) in [4.78, 5) is 23.2. The van der Waals surface area contributed by atoms with Crippen LogP contribution in [0.2, 0.25) is 0 Å². The van der Waals surface area contributed by atoms with Crippen LogP contribution in [0.4, 0.5) is 4.79 Å². The smallest absolute Gasteiger partial charge is 0.315 e. The van der Waals surface area contributed by atoms with Crippen LogP contribution in [-0.2, 0) is 4.79 Å². The molecule has 7 nitrogen and oxygen atoms in total. The summed E-state index contributed by atoms with van der Waals surface area (Å²) in [6.45, 7) is 6.52. The third kappa shape index (κ3) is 7.09. The summed E-state index contributed by atoms with van der Waals surface area (Å²) in [5.41, 5.74) is 0.889. The molecule has 25 heavy (non-hydrogen) atoms. The summed E-state index contributed by atoms with van der Waals surface area (Å²) in [7, 11) is 1.57. The molecule has 0 aliphatic rings. The Bertz CT molecular complexity index is 581. The fourth-order valence-electron chi connectivity index (χ4n) is 2.06. The Morgan fingerprint density at radius 3 is 2.44 bits per heavy atom. The molecule has 0 bridgehead atoms. The molecule has 3 N–H and O–H groups in total. The lowest BCUT2D eigenvalue weighted by Gasteiger charge is -2.17. The number of carbonyl (C=O) groups is 2. The number of halogens is 1. The summed E-state index contributed by atoms with van der Waals surface area (Å²) in [6.07, 6.45) is 0. The van der Waals surface area contributed by atoms with Crippen LogP contribution in [0.25, 0.3) is 0 Å². The number of benzene rings is 1. The number of hydrogen-bond donors (Lipinski definition) is 3. The molecule has 0 spiro atoms. The topological polar surface area (TPSA) is 88.7 Å². The van der Waals surface area contributed by atoms with Crippen molar-refractivity contribution in [2.45, 2.75) is 32.2 Å². The number of hydrogen-bond acceptors (Lipinski definition) is 4. The predicted octanol–water partition coefficient (Wildman–Crippen LogP) is 2.20. The van der Waals surface area contributed by atoms with Gasteiger partial charge >= 0.3 is 6.03 Å². The molecule has 2 atom stereocenters. The van der Waals surface area contributed by atoms with Gasteiger partial charge in [0.25, 0.3) is 0 Å². The van der Waals surface area contributed by atoms with E-state index in [-0.39, 0.29) is 18.0 Å². The van der Waals surface area contributed by atoms with Gasteiger partial charge in [-0.15, -0.1) is 11.6 Å². The van der Waals surface area contributed by atoms with Crippen molar-refractivity contribution in [2.75, 3.05) is 26.8 Å². The van der Waals surface area contributed by atoms with Gasteiger partial charge in [-0.1, -0.05) is 6.07 Å². The molecule has 140 valence electrons. The lowest BCUT2D eigenvalue weighted by molar-refractivity contribution is -0.120. The van der Waals surface area contributed by atoms with E-state index in [9.17, 15) is 9.59 Å². The molecule has 0 aliphatic carbocycles. The van der Waals surface area contributed by atoms with E-state index in [1.807, 2.05) is 32.0 Å². The normalized spacial score (nSPS) is 12.7. The molecule has 0 saturated carbocycles. The zero-order chi connectivity index (χ0) is 18.8. The number of methoxy groups -OCH3 is 1. The second kappa shape index (κ2) is 10.7. The Kier molecular flexibility index (Phi) is 8.91. The predicted molar refractivity (Wildman–Crippen MR) is 97.4 cm³/mol. The highest BCUT2D eigenvalue weighted by Crippen LogP contribution is 2.30. The minimum absolute atomic E-state index is 0.220. The van der Waals surface area contributed by atoms with E-state index in [0.717, 1.165) is 5.56 Å². The van der Waals surface area contributed by atoms with E-state index in [2.05, 4.69) is 16.0 Å². The summed E-state index contributed by atoms with van der Waals surface area (Å²) in [6, 6.07) is 4.98. The Hall–Kier alpha value is -2.15. The van der Waals surface area contributed by atoms with Crippen molar-refractivity contribution in [2.24, 2.45) is 0 Å². The first-order chi connectivity index (χ1) is 11.9. The van der Waals surface area contributed by atoms with Gasteiger partial charge in [0.15, 0.2) is 11.5 Å². The molecule has 3 amide bonds. The van der Waals surface area contributed by atoms with Crippen molar-refractivity contribution in [1.29, 1.82) is 0 Å². The van der Waals surface area contributed by atoms with Crippen LogP contribution in [-0.4, -0.2) is 44.1 Å². The van der Waals surface area contributed by atoms with Crippen LogP contribution < -0.4 is 25.4 Å². The third-order valence-corrected chi connectivity index (χ3v) is 3.60. The van der Waals surface area contributed by atoms with Gasteiger partial charge < -0.3 is 25.4 Å². The summed E-state index contributed by atoms with van der Waals surface area (Å²) in [5, 5.41) is 7.52. The highest BCUT2D eigenvalue weighted by atomic mass is 35.5. The van der Waals surface area contributed by atoms with E-state index >= 15 is 0 Å². The van der Waals surface area contributed by atoms with Crippen LogP contribution in [0.15, 0.2) is 18.2 Å². The van der Waals surface area contributed by atoms with Crippen LogP contribution in [0.5, 0.6) is 11.5 Å². The van der Waals surface area contributed by atoms with Gasteiger partial charge in [0.05, 0.1) is 19.8 Å². The standard InChI is InChI=1S/C17H26ClN3O4/c1-5-25-14-7-6-13(10-15(14)24-4)12(3)21-17(23)20-9-8-19-16(22)11(2)18/h6-7,10-12H,5,8-9H2,1-4H3,(H,19,22)(H2,20,21,23)/t11-,12-/m1/s1. The lowest BCUT2D eigenvalue weighted by Crippen LogP contribution is -2.42. The van der Waals surface area contributed by atoms with Crippen molar-refractivity contribution in [1.82, 2.24) is 16.0 Å². The minimum Gasteiger partial charge on any atom is -0.493 e. The molecule has 1 aromatic rings. The Morgan fingerprint density at radius 2 is 1.84 bits per heavy atom. The fourth-order valence-corrected chi connectivity index (χ4v) is 2.14. The number of urea groups is 1. The number of nitrogens with one attached hydrogen (secondary N) is 3. The summed E-state index contributed by atoms with van der Waals surface area (Å²) in [5.74, 6) is 1.01. The Morgan fingerprint density at radius 1 is 1.16 bits per heavy atom. The van der Waals surface area contributed by atoms with Crippen molar-refractivity contribution in [3.63, 3.8) is 0 Å². The van der Waals surface area contributed by atoms with Crippen molar-refractivity contribution in [3.8, 4) is 11.5 Å². The quantitative estimate of drug-likeness (QED) is 0.458. The van der Waals surface area contributed by atoms with Gasteiger partial charge in [0.1, 0.15) is 5.38 Å². The summed E-state index contributed by atoms with van der Waals surface area (Å²) < 4.78 is 10.8. The molecule has 0 heterocycles. The molecular weight excluding hydrogens is 346 g/mol. The number of rotatable bonds is 9. The van der Waals surface area contributed by atoms with E-state index in [1.165, 1.54) is 0 Å². The van der Waals surface area contributed by atoms with Crippen LogP contribution in [0.1, 0.15) is 32.4 Å². The largest absolute Gasteiger partial charge is 0.493 e. The number of ether oxygens (including phenoxy) is 2. The summed E-state index contributed by atoms with van der Waals surface area (Å²) >= 11 is 5.63. The highest BCUT2D eigenvalue weighted by Gasteiger charge is 2.13. The van der Waals surface area contributed by atoms with Gasteiger partial charge in [-0.2, -0.15) is 0 Å². The zero-order valence-corrected chi connectivity index (χ0v) is 15.8. The molecule has 0 unspecified atom stereocenters. The van der Waals surface area contributed by atoms with E-state index < -0.39 is 5.38 Å². The Balaban J connectivity index is 2.48. The highest BCUT2D eigenvalue weighted by molar-refractivity contribution is 6.30. The van der Waals surface area contributed by atoms with Gasteiger partial charge in [0.2, 0.25) is 5.91 Å². The molecule has 1 aromatic carbocycles. The minimum atomic E-state index is -0.594. The average Bonchev–Trinajstić information content (AvgIpc) is 2.58. The van der Waals surface area contributed by atoms with Gasteiger partial charge in [-0.3, -0.25) is 4.79 Å². The molecule has 1 rings (SSSR count). The molecule has 0 fully saturated rings. The maximum atomic E-state index is 11.9. The van der Waals surface area contributed by atoms with Crippen LogP contribution in [0.3, 0.4) is 0 Å². The molecule has 0 aromatic heterocycles. The lowest BCUT2D eigenvalue weighted by atomic mass is 10.1. The molecule has 8 heteroatoms. The Labute approximate surface area is 153 Å². The van der Waals surface area contributed by atoms with Crippen molar-refractivity contribution in [3.05, 3.63) is 23.8 Å². The van der Waals surface area contributed by atoms with Gasteiger partial charge in [-0.25, -0.2) is 4.79 Å². The second-order valence-corrected chi connectivity index (χ2v) is 6.03. The fraction of sp³-hybridized carbons (Fsp3) is 0.529. The monoisotopic (exact) mass is 371 g/mol. The number of alkyl halides is 1. The zero-order valence-electron chi connectivity index (χ0n) is 15.0. The van der Waals surface area contributed by atoms with E-state index in [1.54, 1.807) is 14.0 Å². The van der Waals surface area contributed by atoms with Crippen LogP contribution >= 0.6 is 11.6 Å². The van der Waals surface area contributed by atoms with Crippen LogP contribution in [0, 0.1) is 0 Å². The third-order valence-electron chi connectivity index (χ3n) is 3.41. The maximum Gasteiger partial charge on any atom is 0.315 e. The van der Waals surface area contributed by atoms with Gasteiger partial charge in [-0.05, 0) is 38.5 Å². The molecule has 0 aliphatic heterocycles. The van der Waals surface area contributed by atoms with Crippen molar-refractivity contribution < 1.29 is 19.1 Å². The first kappa shape index (κ1) is 20.9. The second-order valence-electron chi connectivity index (χ2n) is 5.37.